The molecule has 16 heavy (non-hydrogen) atoms. The lowest BCUT2D eigenvalue weighted by molar-refractivity contribution is 0.285. The van der Waals surface area contributed by atoms with Crippen molar-refractivity contribution in [3.05, 3.63) is 22.4 Å². The van der Waals surface area contributed by atoms with E-state index in [1.54, 1.807) is 0 Å². The molecular formula is C12H21N3S. The van der Waals surface area contributed by atoms with Gasteiger partial charge in [-0.3, -0.25) is 0 Å². The van der Waals surface area contributed by atoms with Gasteiger partial charge in [-0.15, -0.1) is 11.3 Å². The molecule has 4 heteroatoms. The summed E-state index contributed by atoms with van der Waals surface area (Å²) in [6, 6.07) is 5.51. The van der Waals surface area contributed by atoms with Gasteiger partial charge in [0.25, 0.3) is 0 Å². The van der Waals surface area contributed by atoms with Crippen molar-refractivity contribution in [2.75, 3.05) is 33.7 Å². The zero-order valence-corrected chi connectivity index (χ0v) is 10.9. The normalized spacial score (nSPS) is 22.8. The smallest absolute Gasteiger partial charge is 0.0561 e. The van der Waals surface area contributed by atoms with Crippen LogP contribution in [0, 0.1) is 0 Å². The van der Waals surface area contributed by atoms with E-state index in [9.17, 15) is 0 Å². The van der Waals surface area contributed by atoms with Gasteiger partial charge >= 0.3 is 0 Å². The molecule has 0 amide bonds. The second-order valence-corrected chi connectivity index (χ2v) is 5.57. The van der Waals surface area contributed by atoms with Crippen LogP contribution in [-0.2, 0) is 0 Å². The molecule has 1 aliphatic rings. The van der Waals surface area contributed by atoms with Crippen molar-refractivity contribution in [1.29, 1.82) is 0 Å². The SMILES string of the molecule is CN(C)C(CNC1CCNC1)c1cccs1. The molecule has 3 nitrogen and oxygen atoms in total. The Morgan fingerprint density at radius 1 is 1.62 bits per heavy atom. The Bertz CT molecular complexity index is 291. The average molecular weight is 239 g/mol. The Hall–Kier alpha value is -0.420. The lowest BCUT2D eigenvalue weighted by atomic mass is 10.2. The maximum absolute atomic E-state index is 3.65. The first-order chi connectivity index (χ1) is 7.77. The van der Waals surface area contributed by atoms with Crippen molar-refractivity contribution in [2.24, 2.45) is 0 Å². The fraction of sp³-hybridized carbons (Fsp3) is 0.667. The first-order valence-electron chi connectivity index (χ1n) is 5.91. The molecule has 0 saturated carbocycles. The summed E-state index contributed by atoms with van der Waals surface area (Å²) in [6.07, 6.45) is 1.25. The molecule has 1 aromatic rings. The minimum atomic E-state index is 0.501. The highest BCUT2D eigenvalue weighted by molar-refractivity contribution is 7.10. The topological polar surface area (TPSA) is 27.3 Å². The third-order valence-corrected chi connectivity index (χ3v) is 4.13. The summed E-state index contributed by atoms with van der Waals surface area (Å²) < 4.78 is 0. The summed E-state index contributed by atoms with van der Waals surface area (Å²) in [5, 5.41) is 9.20. The summed E-state index contributed by atoms with van der Waals surface area (Å²) in [7, 11) is 4.30. The van der Waals surface area contributed by atoms with Gasteiger partial charge in [0.15, 0.2) is 0 Å². The molecule has 90 valence electrons. The van der Waals surface area contributed by atoms with Crippen LogP contribution in [0.3, 0.4) is 0 Å². The molecule has 2 heterocycles. The molecule has 1 aromatic heterocycles. The molecule has 0 spiro atoms. The Labute approximate surface area is 102 Å². The molecule has 1 saturated heterocycles. The van der Waals surface area contributed by atoms with E-state index < -0.39 is 0 Å². The van der Waals surface area contributed by atoms with Crippen LogP contribution in [0.25, 0.3) is 0 Å². The van der Waals surface area contributed by atoms with Crippen molar-refractivity contribution in [3.63, 3.8) is 0 Å². The van der Waals surface area contributed by atoms with Crippen LogP contribution < -0.4 is 10.6 Å². The summed E-state index contributed by atoms with van der Waals surface area (Å²) in [6.45, 7) is 3.31. The van der Waals surface area contributed by atoms with E-state index in [2.05, 4.69) is 47.1 Å². The van der Waals surface area contributed by atoms with E-state index in [4.69, 9.17) is 0 Å². The quantitative estimate of drug-likeness (QED) is 0.811. The van der Waals surface area contributed by atoms with Gasteiger partial charge in [0.05, 0.1) is 6.04 Å². The highest BCUT2D eigenvalue weighted by atomic mass is 32.1. The zero-order valence-electron chi connectivity index (χ0n) is 10.1. The molecule has 1 aliphatic heterocycles. The molecule has 0 aromatic carbocycles. The average Bonchev–Trinajstić information content (AvgIpc) is 2.88. The molecule has 2 N–H and O–H groups in total. The number of nitrogens with zero attached hydrogens (tertiary/aromatic N) is 1. The number of rotatable bonds is 5. The zero-order chi connectivity index (χ0) is 11.4. The van der Waals surface area contributed by atoms with Crippen molar-refractivity contribution >= 4 is 11.3 Å². The van der Waals surface area contributed by atoms with Gasteiger partial charge in [-0.1, -0.05) is 6.07 Å². The third kappa shape index (κ3) is 3.04. The van der Waals surface area contributed by atoms with Gasteiger partial charge in [0.2, 0.25) is 0 Å². The van der Waals surface area contributed by atoms with Gasteiger partial charge < -0.3 is 15.5 Å². The highest BCUT2D eigenvalue weighted by Crippen LogP contribution is 2.22. The first-order valence-corrected chi connectivity index (χ1v) is 6.79. The van der Waals surface area contributed by atoms with Gasteiger partial charge in [-0.25, -0.2) is 0 Å². The third-order valence-electron chi connectivity index (χ3n) is 3.16. The molecule has 2 atom stereocenters. The largest absolute Gasteiger partial charge is 0.315 e. The fourth-order valence-corrected chi connectivity index (χ4v) is 3.05. The van der Waals surface area contributed by atoms with Crippen molar-refractivity contribution < 1.29 is 0 Å². The van der Waals surface area contributed by atoms with Gasteiger partial charge in [-0.2, -0.15) is 0 Å². The van der Waals surface area contributed by atoms with Crippen LogP contribution >= 0.6 is 11.3 Å². The molecule has 0 bridgehead atoms. The van der Waals surface area contributed by atoms with Crippen molar-refractivity contribution in [3.8, 4) is 0 Å². The first kappa shape index (κ1) is 12.0. The summed E-state index contributed by atoms with van der Waals surface area (Å²) in [5.41, 5.74) is 0. The lowest BCUT2D eigenvalue weighted by Crippen LogP contribution is -2.37. The van der Waals surface area contributed by atoms with Gasteiger partial charge in [0, 0.05) is 24.0 Å². The van der Waals surface area contributed by atoms with Crippen LogP contribution in [0.4, 0.5) is 0 Å². The molecule has 0 aliphatic carbocycles. The highest BCUT2D eigenvalue weighted by Gasteiger charge is 2.19. The monoisotopic (exact) mass is 239 g/mol. The number of hydrogen-bond donors (Lipinski definition) is 2. The molecule has 2 rings (SSSR count). The van der Waals surface area contributed by atoms with Crippen LogP contribution in [0.5, 0.6) is 0 Å². The van der Waals surface area contributed by atoms with Crippen LogP contribution in [0.2, 0.25) is 0 Å². The van der Waals surface area contributed by atoms with Crippen molar-refractivity contribution in [1.82, 2.24) is 15.5 Å². The lowest BCUT2D eigenvalue weighted by Gasteiger charge is -2.25. The Kier molecular flexibility index (Phi) is 4.35. The van der Waals surface area contributed by atoms with Gasteiger partial charge in [0.1, 0.15) is 0 Å². The molecule has 0 radical (unpaired) electrons. The van der Waals surface area contributed by atoms with Gasteiger partial charge in [-0.05, 0) is 38.5 Å². The second kappa shape index (κ2) is 5.77. The Morgan fingerprint density at radius 2 is 2.50 bits per heavy atom. The van der Waals surface area contributed by atoms with E-state index in [1.165, 1.54) is 11.3 Å². The number of thiophene rings is 1. The van der Waals surface area contributed by atoms with Crippen LogP contribution in [0.1, 0.15) is 17.3 Å². The number of nitrogens with one attached hydrogen (secondary N) is 2. The van der Waals surface area contributed by atoms with Crippen molar-refractivity contribution in [2.45, 2.75) is 18.5 Å². The van der Waals surface area contributed by atoms with E-state index in [0.717, 1.165) is 19.6 Å². The van der Waals surface area contributed by atoms with E-state index >= 15 is 0 Å². The summed E-state index contributed by atoms with van der Waals surface area (Å²) in [4.78, 5) is 3.74. The number of hydrogen-bond acceptors (Lipinski definition) is 4. The Balaban J connectivity index is 1.88. The maximum Gasteiger partial charge on any atom is 0.0561 e. The van der Waals surface area contributed by atoms with E-state index in [-0.39, 0.29) is 0 Å². The predicted molar refractivity (Wildman–Crippen MR) is 70.0 cm³/mol. The molecular weight excluding hydrogens is 218 g/mol. The minimum absolute atomic E-state index is 0.501. The summed E-state index contributed by atoms with van der Waals surface area (Å²) >= 11 is 1.84. The standard InChI is InChI=1S/C12H21N3S/c1-15(2)11(12-4-3-7-16-12)9-14-10-5-6-13-8-10/h3-4,7,10-11,13-14H,5-6,8-9H2,1-2H3. The second-order valence-electron chi connectivity index (χ2n) is 4.59. The van der Waals surface area contributed by atoms with Crippen LogP contribution in [-0.4, -0.2) is 44.7 Å². The summed E-state index contributed by atoms with van der Waals surface area (Å²) in [5.74, 6) is 0. The number of likely N-dealkylation sites (N-methyl/N-ethyl adjacent to an activating group) is 1. The maximum atomic E-state index is 3.65. The molecule has 1 fully saturated rings. The van der Waals surface area contributed by atoms with Crippen LogP contribution in [0.15, 0.2) is 17.5 Å². The fourth-order valence-electron chi connectivity index (χ4n) is 2.13. The Morgan fingerprint density at radius 3 is 3.06 bits per heavy atom. The van der Waals surface area contributed by atoms with E-state index in [1.807, 2.05) is 11.3 Å². The van der Waals surface area contributed by atoms with E-state index in [0.29, 0.717) is 12.1 Å². The molecule has 2 unspecified atom stereocenters. The minimum Gasteiger partial charge on any atom is -0.315 e. The predicted octanol–water partition coefficient (Wildman–Crippen LogP) is 1.30.